The Bertz CT molecular complexity index is 517. The van der Waals surface area contributed by atoms with Gasteiger partial charge in [0.1, 0.15) is 17.8 Å². The van der Waals surface area contributed by atoms with Crippen LogP contribution >= 0.6 is 0 Å². The largest absolute Gasteiger partial charge is 0.382 e. The third-order valence-electron chi connectivity index (χ3n) is 2.86. The molecule has 1 aromatic heterocycles. The highest BCUT2D eigenvalue weighted by atomic mass is 15.3. The maximum absolute atomic E-state index is 5.83. The molecule has 0 aliphatic heterocycles. The van der Waals surface area contributed by atoms with Crippen LogP contribution in [-0.4, -0.2) is 9.66 Å². The molecule has 4 heteroatoms. The Labute approximate surface area is 101 Å². The first-order valence-corrected chi connectivity index (χ1v) is 5.58. The van der Waals surface area contributed by atoms with Gasteiger partial charge in [0.25, 0.3) is 0 Å². The number of aromatic nitrogens is 2. The third kappa shape index (κ3) is 2.11. The minimum atomic E-state index is 0.150. The fraction of sp³-hybridized carbons (Fsp3) is 0.308. The van der Waals surface area contributed by atoms with E-state index in [1.165, 1.54) is 16.6 Å². The van der Waals surface area contributed by atoms with Gasteiger partial charge in [-0.05, 0) is 11.0 Å². The number of hydrogen-bond acceptors (Lipinski definition) is 3. The third-order valence-corrected chi connectivity index (χ3v) is 2.86. The van der Waals surface area contributed by atoms with Gasteiger partial charge in [-0.3, -0.25) is 0 Å². The van der Waals surface area contributed by atoms with Crippen LogP contribution in [0, 0.1) is 0 Å². The highest BCUT2D eigenvalue weighted by molar-refractivity contribution is 5.70. The molecule has 4 nitrogen and oxygen atoms in total. The van der Waals surface area contributed by atoms with E-state index in [9.17, 15) is 0 Å². The maximum Gasteiger partial charge on any atom is 0.150 e. The van der Waals surface area contributed by atoms with E-state index in [4.69, 9.17) is 11.6 Å². The Morgan fingerprint density at radius 2 is 1.71 bits per heavy atom. The Balaban J connectivity index is 2.40. The average molecular weight is 230 g/mol. The van der Waals surface area contributed by atoms with Crippen LogP contribution in [0.4, 0.5) is 5.82 Å². The lowest BCUT2D eigenvalue weighted by atomic mass is 9.86. The first kappa shape index (κ1) is 11.5. The quantitative estimate of drug-likeness (QED) is 0.737. The van der Waals surface area contributed by atoms with Crippen molar-refractivity contribution in [1.29, 1.82) is 0 Å². The zero-order valence-electron chi connectivity index (χ0n) is 10.4. The molecule has 0 bridgehead atoms. The summed E-state index contributed by atoms with van der Waals surface area (Å²) in [5.41, 5.74) is 8.98. The molecule has 4 N–H and O–H groups in total. The summed E-state index contributed by atoms with van der Waals surface area (Å²) >= 11 is 0. The van der Waals surface area contributed by atoms with Gasteiger partial charge in [0.05, 0.1) is 0 Å². The SMILES string of the molecule is CC(C)(C)c1ccc(-c2ncn(N)c2N)cc1. The summed E-state index contributed by atoms with van der Waals surface area (Å²) in [4.78, 5) is 4.19. The molecule has 0 aliphatic carbocycles. The highest BCUT2D eigenvalue weighted by Gasteiger charge is 2.14. The number of hydrogen-bond donors (Lipinski definition) is 2. The van der Waals surface area contributed by atoms with Crippen LogP contribution < -0.4 is 11.6 Å². The lowest BCUT2D eigenvalue weighted by Gasteiger charge is -2.19. The van der Waals surface area contributed by atoms with Gasteiger partial charge >= 0.3 is 0 Å². The van der Waals surface area contributed by atoms with E-state index in [1.54, 1.807) is 0 Å². The molecule has 0 radical (unpaired) electrons. The second-order valence-corrected chi connectivity index (χ2v) is 5.21. The topological polar surface area (TPSA) is 69.9 Å². The van der Waals surface area contributed by atoms with Gasteiger partial charge in [-0.2, -0.15) is 0 Å². The van der Waals surface area contributed by atoms with Crippen molar-refractivity contribution in [3.63, 3.8) is 0 Å². The van der Waals surface area contributed by atoms with Crippen LogP contribution in [0.1, 0.15) is 26.3 Å². The van der Waals surface area contributed by atoms with Gasteiger partial charge in [-0.1, -0.05) is 45.0 Å². The van der Waals surface area contributed by atoms with E-state index in [0.29, 0.717) is 5.82 Å². The number of nitrogens with two attached hydrogens (primary N) is 2. The van der Waals surface area contributed by atoms with Crippen LogP contribution in [0.15, 0.2) is 30.6 Å². The van der Waals surface area contributed by atoms with Crippen molar-refractivity contribution in [3.05, 3.63) is 36.2 Å². The Morgan fingerprint density at radius 3 is 2.12 bits per heavy atom. The normalized spacial score (nSPS) is 11.7. The standard InChI is InChI=1S/C13H18N4/c1-13(2,3)10-6-4-9(5-7-10)11-12(14)17(15)8-16-11/h4-8H,14-15H2,1-3H3. The Kier molecular flexibility index (Phi) is 2.58. The second-order valence-electron chi connectivity index (χ2n) is 5.21. The van der Waals surface area contributed by atoms with Crippen molar-refractivity contribution in [3.8, 4) is 11.3 Å². The van der Waals surface area contributed by atoms with Crippen molar-refractivity contribution < 1.29 is 0 Å². The molecule has 0 saturated carbocycles. The van der Waals surface area contributed by atoms with Gasteiger partial charge in [-0.15, -0.1) is 0 Å². The van der Waals surface area contributed by atoms with Crippen LogP contribution in [-0.2, 0) is 5.41 Å². The van der Waals surface area contributed by atoms with Crippen molar-refractivity contribution in [2.45, 2.75) is 26.2 Å². The van der Waals surface area contributed by atoms with Crippen molar-refractivity contribution in [1.82, 2.24) is 9.66 Å². The smallest absolute Gasteiger partial charge is 0.150 e. The second kappa shape index (κ2) is 3.80. The molecule has 17 heavy (non-hydrogen) atoms. The average Bonchev–Trinajstić information content (AvgIpc) is 2.59. The van der Waals surface area contributed by atoms with E-state index in [1.807, 2.05) is 12.1 Å². The molecule has 0 saturated heterocycles. The summed E-state index contributed by atoms with van der Waals surface area (Å²) < 4.78 is 1.33. The summed E-state index contributed by atoms with van der Waals surface area (Å²) in [6.45, 7) is 6.56. The summed E-state index contributed by atoms with van der Waals surface area (Å²) in [6.07, 6.45) is 1.52. The molecule has 1 aromatic carbocycles. The first-order chi connectivity index (χ1) is 7.89. The molecule has 0 aliphatic rings. The van der Waals surface area contributed by atoms with Gasteiger partial charge in [0, 0.05) is 5.56 Å². The van der Waals surface area contributed by atoms with Crippen molar-refractivity contribution in [2.24, 2.45) is 0 Å². The Morgan fingerprint density at radius 1 is 1.12 bits per heavy atom. The number of anilines is 1. The molecule has 2 rings (SSSR count). The van der Waals surface area contributed by atoms with E-state index in [2.05, 4.69) is 37.9 Å². The molecule has 0 amide bonds. The zero-order chi connectivity index (χ0) is 12.6. The van der Waals surface area contributed by atoms with Gasteiger partial charge in [0.2, 0.25) is 0 Å². The summed E-state index contributed by atoms with van der Waals surface area (Å²) in [6, 6.07) is 8.26. The molecule has 0 fully saturated rings. The van der Waals surface area contributed by atoms with Crippen LogP contribution in [0.2, 0.25) is 0 Å². The van der Waals surface area contributed by atoms with E-state index in [0.717, 1.165) is 11.3 Å². The Hall–Kier alpha value is -1.97. The summed E-state index contributed by atoms with van der Waals surface area (Å²) in [7, 11) is 0. The summed E-state index contributed by atoms with van der Waals surface area (Å²) in [5.74, 6) is 6.09. The number of nitrogen functional groups attached to an aromatic ring is 2. The minimum Gasteiger partial charge on any atom is -0.382 e. The van der Waals surface area contributed by atoms with Gasteiger partial charge in [-0.25, -0.2) is 9.66 Å². The maximum atomic E-state index is 5.83. The van der Waals surface area contributed by atoms with Crippen LogP contribution in [0.3, 0.4) is 0 Å². The summed E-state index contributed by atoms with van der Waals surface area (Å²) in [5, 5.41) is 0. The van der Waals surface area contributed by atoms with Crippen molar-refractivity contribution >= 4 is 5.82 Å². The lowest BCUT2D eigenvalue weighted by molar-refractivity contribution is 0.590. The highest BCUT2D eigenvalue weighted by Crippen LogP contribution is 2.27. The molecule has 0 unspecified atom stereocenters. The van der Waals surface area contributed by atoms with Crippen LogP contribution in [0.5, 0.6) is 0 Å². The molecular weight excluding hydrogens is 212 g/mol. The molecule has 90 valence electrons. The number of benzene rings is 1. The zero-order valence-corrected chi connectivity index (χ0v) is 10.4. The van der Waals surface area contributed by atoms with Gasteiger partial charge < -0.3 is 11.6 Å². The van der Waals surface area contributed by atoms with Crippen molar-refractivity contribution in [2.75, 3.05) is 11.6 Å². The van der Waals surface area contributed by atoms with E-state index >= 15 is 0 Å². The lowest BCUT2D eigenvalue weighted by Crippen LogP contribution is -2.11. The predicted octanol–water partition coefficient (Wildman–Crippen LogP) is 2.14. The predicted molar refractivity (Wildman–Crippen MR) is 70.9 cm³/mol. The molecule has 2 aromatic rings. The van der Waals surface area contributed by atoms with E-state index < -0.39 is 0 Å². The van der Waals surface area contributed by atoms with E-state index in [-0.39, 0.29) is 5.41 Å². The molecular formula is C13H18N4. The van der Waals surface area contributed by atoms with Gasteiger partial charge in [0.15, 0.2) is 0 Å². The number of nitrogens with zero attached hydrogens (tertiary/aromatic N) is 2. The fourth-order valence-electron chi connectivity index (χ4n) is 1.72. The first-order valence-electron chi connectivity index (χ1n) is 5.58. The van der Waals surface area contributed by atoms with Crippen LogP contribution in [0.25, 0.3) is 11.3 Å². The fourth-order valence-corrected chi connectivity index (χ4v) is 1.72. The molecule has 0 atom stereocenters. The molecule has 0 spiro atoms. The number of imidazole rings is 1. The number of rotatable bonds is 1. The molecule has 1 heterocycles. The monoisotopic (exact) mass is 230 g/mol. The minimum absolute atomic E-state index is 0.150.